The maximum Gasteiger partial charge on any atom is 0.290 e. The molecule has 0 spiro atoms. The predicted molar refractivity (Wildman–Crippen MR) is 53.2 cm³/mol. The van der Waals surface area contributed by atoms with Gasteiger partial charge < -0.3 is 0 Å². The highest BCUT2D eigenvalue weighted by atomic mass is 32.2. The van der Waals surface area contributed by atoms with Gasteiger partial charge in [0.2, 0.25) is 0 Å². The molecule has 0 atom stereocenters. The molecule has 1 aliphatic carbocycles. The van der Waals surface area contributed by atoms with Crippen molar-refractivity contribution in [1.29, 1.82) is 0 Å². The van der Waals surface area contributed by atoms with Crippen LogP contribution >= 0.6 is 0 Å². The first-order valence-electron chi connectivity index (χ1n) is 4.18. The number of hydrogen-bond acceptors (Lipinski definition) is 2. The summed E-state index contributed by atoms with van der Waals surface area (Å²) >= 11 is 0. The van der Waals surface area contributed by atoms with Crippen molar-refractivity contribution in [3.05, 3.63) is 52.8 Å². The Morgan fingerprint density at radius 3 is 2.64 bits per heavy atom. The zero-order valence-electron chi connectivity index (χ0n) is 7.34. The molecule has 1 N–H and O–H groups in total. The molecule has 0 saturated carbocycles. The standard InChI is InChI=1S/C10H9O3S/c11-14(12,13)10-6-5-8-3-1-2-4-9(8)7-10/h1-4,6-7H,5H2,(H,11,12,13). The molecule has 1 aromatic rings. The van der Waals surface area contributed by atoms with E-state index in [1.54, 1.807) is 0 Å². The van der Waals surface area contributed by atoms with Gasteiger partial charge in [0.25, 0.3) is 10.1 Å². The lowest BCUT2D eigenvalue weighted by molar-refractivity contribution is 0.491. The monoisotopic (exact) mass is 209 g/mol. The van der Waals surface area contributed by atoms with Gasteiger partial charge in [-0.2, -0.15) is 8.42 Å². The van der Waals surface area contributed by atoms with E-state index in [0.29, 0.717) is 6.42 Å². The second kappa shape index (κ2) is 3.22. The molecular formula is C10H9O3S. The van der Waals surface area contributed by atoms with E-state index in [9.17, 15) is 8.42 Å². The summed E-state index contributed by atoms with van der Waals surface area (Å²) in [5, 5.41) is 0. The molecule has 0 saturated heterocycles. The summed E-state index contributed by atoms with van der Waals surface area (Å²) < 4.78 is 30.5. The summed E-state index contributed by atoms with van der Waals surface area (Å²) in [5.74, 6) is 0. The number of rotatable bonds is 1. The SMILES string of the molecule is O=S(=O)(O)C1=CCc2ccccc2[CH]1. The lowest BCUT2D eigenvalue weighted by atomic mass is 9.97. The molecule has 14 heavy (non-hydrogen) atoms. The molecule has 3 nitrogen and oxygen atoms in total. The molecule has 0 aromatic heterocycles. The molecule has 0 fully saturated rings. The molecule has 0 heterocycles. The summed E-state index contributed by atoms with van der Waals surface area (Å²) in [6.45, 7) is 0. The number of fused-ring (bicyclic) bond motifs is 1. The zero-order valence-corrected chi connectivity index (χ0v) is 8.16. The van der Waals surface area contributed by atoms with E-state index < -0.39 is 10.1 Å². The third-order valence-corrected chi connectivity index (χ3v) is 3.05. The van der Waals surface area contributed by atoms with Gasteiger partial charge in [-0.15, -0.1) is 0 Å². The van der Waals surface area contributed by atoms with Crippen molar-refractivity contribution in [2.24, 2.45) is 0 Å². The molecule has 1 radical (unpaired) electrons. The number of benzene rings is 1. The summed E-state index contributed by atoms with van der Waals surface area (Å²) in [6.07, 6.45) is 3.54. The minimum absolute atomic E-state index is 0.0174. The Bertz CT molecular complexity index is 486. The maximum atomic E-state index is 10.9. The quantitative estimate of drug-likeness (QED) is 0.714. The lowest BCUT2D eigenvalue weighted by Crippen LogP contribution is -2.09. The highest BCUT2D eigenvalue weighted by molar-refractivity contribution is 7.90. The number of hydrogen-bond donors (Lipinski definition) is 1. The van der Waals surface area contributed by atoms with Crippen LogP contribution in [0.4, 0.5) is 0 Å². The van der Waals surface area contributed by atoms with Gasteiger partial charge in [0.1, 0.15) is 0 Å². The summed E-state index contributed by atoms with van der Waals surface area (Å²) in [4.78, 5) is -0.0174. The fourth-order valence-corrected chi connectivity index (χ4v) is 2.03. The third kappa shape index (κ3) is 1.71. The van der Waals surface area contributed by atoms with Crippen molar-refractivity contribution in [3.63, 3.8) is 0 Å². The first kappa shape index (κ1) is 9.43. The maximum absolute atomic E-state index is 10.9. The van der Waals surface area contributed by atoms with Crippen LogP contribution in [0.1, 0.15) is 11.1 Å². The molecule has 0 unspecified atom stereocenters. The van der Waals surface area contributed by atoms with Crippen molar-refractivity contribution in [1.82, 2.24) is 0 Å². The van der Waals surface area contributed by atoms with Gasteiger partial charge in [-0.3, -0.25) is 4.55 Å². The molecule has 0 amide bonds. The first-order chi connectivity index (χ1) is 6.57. The zero-order chi connectivity index (χ0) is 10.2. The smallest absolute Gasteiger partial charge is 0.282 e. The van der Waals surface area contributed by atoms with Crippen molar-refractivity contribution in [3.8, 4) is 0 Å². The fourth-order valence-electron chi connectivity index (χ4n) is 1.46. The van der Waals surface area contributed by atoms with Gasteiger partial charge in [-0.1, -0.05) is 30.3 Å². The van der Waals surface area contributed by atoms with Crippen LogP contribution in [-0.2, 0) is 16.5 Å². The Morgan fingerprint density at radius 1 is 1.21 bits per heavy atom. The second-order valence-corrected chi connectivity index (χ2v) is 4.55. The van der Waals surface area contributed by atoms with Crippen LogP contribution in [-0.4, -0.2) is 13.0 Å². The second-order valence-electron chi connectivity index (χ2n) is 3.13. The molecule has 73 valence electrons. The molecule has 0 aliphatic heterocycles. The molecule has 4 heteroatoms. The highest BCUT2D eigenvalue weighted by Crippen LogP contribution is 2.24. The summed E-state index contributed by atoms with van der Waals surface area (Å²) in [6, 6.07) is 7.50. The molecule has 1 aliphatic rings. The van der Waals surface area contributed by atoms with Crippen molar-refractivity contribution in [2.45, 2.75) is 6.42 Å². The minimum Gasteiger partial charge on any atom is -0.282 e. The van der Waals surface area contributed by atoms with Gasteiger partial charge in [0.05, 0.1) is 4.91 Å². The van der Waals surface area contributed by atoms with Gasteiger partial charge in [-0.25, -0.2) is 0 Å². The van der Waals surface area contributed by atoms with E-state index in [4.69, 9.17) is 4.55 Å². The van der Waals surface area contributed by atoms with Crippen molar-refractivity contribution < 1.29 is 13.0 Å². The van der Waals surface area contributed by atoms with Crippen LogP contribution in [0.3, 0.4) is 0 Å². The minimum atomic E-state index is -4.06. The van der Waals surface area contributed by atoms with E-state index >= 15 is 0 Å². The average molecular weight is 209 g/mol. The molecule has 1 aromatic carbocycles. The predicted octanol–water partition coefficient (Wildman–Crippen LogP) is 1.57. The molecule has 0 bridgehead atoms. The van der Waals surface area contributed by atoms with Crippen molar-refractivity contribution in [2.75, 3.05) is 0 Å². The first-order valence-corrected chi connectivity index (χ1v) is 5.62. The Kier molecular flexibility index (Phi) is 2.17. The highest BCUT2D eigenvalue weighted by Gasteiger charge is 2.19. The van der Waals surface area contributed by atoms with Crippen molar-refractivity contribution >= 4 is 10.1 Å². The lowest BCUT2D eigenvalue weighted by Gasteiger charge is -2.13. The Balaban J connectivity index is 2.39. The van der Waals surface area contributed by atoms with Gasteiger partial charge in [0.15, 0.2) is 0 Å². The number of allylic oxidation sites excluding steroid dienone is 2. The van der Waals surface area contributed by atoms with Crippen LogP contribution in [0.25, 0.3) is 0 Å². The van der Waals surface area contributed by atoms with E-state index in [1.165, 1.54) is 12.5 Å². The van der Waals surface area contributed by atoms with Gasteiger partial charge in [0, 0.05) is 6.42 Å². The molecule has 2 rings (SSSR count). The van der Waals surface area contributed by atoms with Crippen LogP contribution in [0, 0.1) is 6.42 Å². The Hall–Kier alpha value is -1.13. The van der Waals surface area contributed by atoms with Crippen LogP contribution in [0.15, 0.2) is 35.2 Å². The third-order valence-electron chi connectivity index (χ3n) is 2.17. The average Bonchev–Trinajstić information content (AvgIpc) is 2.16. The fraction of sp³-hybridized carbons (Fsp3) is 0.100. The summed E-state index contributed by atoms with van der Waals surface area (Å²) in [7, 11) is -4.06. The van der Waals surface area contributed by atoms with Crippen LogP contribution in [0.5, 0.6) is 0 Å². The van der Waals surface area contributed by atoms with E-state index in [-0.39, 0.29) is 4.91 Å². The Labute approximate surface area is 82.8 Å². The van der Waals surface area contributed by atoms with E-state index in [0.717, 1.165) is 11.1 Å². The topological polar surface area (TPSA) is 54.4 Å². The summed E-state index contributed by atoms with van der Waals surface area (Å²) in [5.41, 5.74) is 1.92. The van der Waals surface area contributed by atoms with Gasteiger partial charge in [-0.05, 0) is 17.5 Å². The van der Waals surface area contributed by atoms with E-state index in [2.05, 4.69) is 0 Å². The van der Waals surface area contributed by atoms with E-state index in [1.807, 2.05) is 24.3 Å². The van der Waals surface area contributed by atoms with Gasteiger partial charge >= 0.3 is 0 Å². The van der Waals surface area contributed by atoms with Crippen LogP contribution in [0.2, 0.25) is 0 Å². The normalized spacial score (nSPS) is 15.9. The largest absolute Gasteiger partial charge is 0.290 e. The van der Waals surface area contributed by atoms with Crippen LogP contribution < -0.4 is 0 Å². The Morgan fingerprint density at radius 2 is 1.93 bits per heavy atom. The molecular weight excluding hydrogens is 200 g/mol.